The standard InChI is InChI=1S/C14H16Cl2N2O2/c1-3-18-12(4-9(2)17-18)8-20-14-10(7-19)5-11(15)6-13(14)16/h4-6,19H,3,7-8H2,1-2H3. The van der Waals surface area contributed by atoms with Crippen molar-refractivity contribution in [2.24, 2.45) is 0 Å². The van der Waals surface area contributed by atoms with Crippen molar-refractivity contribution in [3.8, 4) is 5.75 Å². The maximum Gasteiger partial charge on any atom is 0.144 e. The molecule has 1 N–H and O–H groups in total. The molecule has 0 radical (unpaired) electrons. The summed E-state index contributed by atoms with van der Waals surface area (Å²) in [4.78, 5) is 0. The number of halogens is 2. The molecule has 0 saturated carbocycles. The number of aryl methyl sites for hydroxylation is 2. The Morgan fingerprint density at radius 2 is 2.05 bits per heavy atom. The lowest BCUT2D eigenvalue weighted by molar-refractivity contribution is 0.255. The van der Waals surface area contributed by atoms with Gasteiger partial charge in [-0.1, -0.05) is 23.2 Å². The summed E-state index contributed by atoms with van der Waals surface area (Å²) in [5.74, 6) is 0.458. The second-order valence-corrected chi connectivity index (χ2v) is 5.26. The first-order valence-corrected chi connectivity index (χ1v) is 7.05. The van der Waals surface area contributed by atoms with Crippen molar-refractivity contribution in [2.45, 2.75) is 33.6 Å². The summed E-state index contributed by atoms with van der Waals surface area (Å²) >= 11 is 12.0. The van der Waals surface area contributed by atoms with Crippen LogP contribution < -0.4 is 4.74 Å². The first-order valence-electron chi connectivity index (χ1n) is 6.30. The van der Waals surface area contributed by atoms with Gasteiger partial charge in [0.05, 0.1) is 23.0 Å². The summed E-state index contributed by atoms with van der Waals surface area (Å²) in [5.41, 5.74) is 2.47. The highest BCUT2D eigenvalue weighted by Gasteiger charge is 2.12. The summed E-state index contributed by atoms with van der Waals surface area (Å²) in [6.07, 6.45) is 0. The molecular formula is C14H16Cl2N2O2. The lowest BCUT2D eigenvalue weighted by Crippen LogP contribution is -2.07. The minimum Gasteiger partial charge on any atom is -0.485 e. The van der Waals surface area contributed by atoms with Crippen LogP contribution in [-0.2, 0) is 19.8 Å². The van der Waals surface area contributed by atoms with Gasteiger partial charge in [-0.3, -0.25) is 4.68 Å². The molecular weight excluding hydrogens is 299 g/mol. The summed E-state index contributed by atoms with van der Waals surface area (Å²) in [7, 11) is 0. The van der Waals surface area contributed by atoms with Crippen LogP contribution in [0.15, 0.2) is 18.2 Å². The number of hydrogen-bond acceptors (Lipinski definition) is 3. The van der Waals surface area contributed by atoms with E-state index in [0.29, 0.717) is 28.0 Å². The average Bonchev–Trinajstić information content (AvgIpc) is 2.77. The molecule has 0 fully saturated rings. The van der Waals surface area contributed by atoms with Crippen LogP contribution in [0, 0.1) is 6.92 Å². The molecule has 0 aliphatic heterocycles. The third-order valence-corrected chi connectivity index (χ3v) is 3.40. The van der Waals surface area contributed by atoms with Crippen molar-refractivity contribution in [3.63, 3.8) is 0 Å². The number of aliphatic hydroxyl groups is 1. The van der Waals surface area contributed by atoms with E-state index in [-0.39, 0.29) is 6.61 Å². The van der Waals surface area contributed by atoms with Gasteiger partial charge in [0.2, 0.25) is 0 Å². The molecule has 2 rings (SSSR count). The van der Waals surface area contributed by atoms with Crippen molar-refractivity contribution in [2.75, 3.05) is 0 Å². The molecule has 6 heteroatoms. The van der Waals surface area contributed by atoms with Crippen molar-refractivity contribution in [1.82, 2.24) is 9.78 Å². The SMILES string of the molecule is CCn1nc(C)cc1COc1c(Cl)cc(Cl)cc1CO. The molecule has 4 nitrogen and oxygen atoms in total. The first-order chi connectivity index (χ1) is 9.55. The molecule has 2 aromatic rings. The molecule has 1 heterocycles. The monoisotopic (exact) mass is 314 g/mol. The van der Waals surface area contributed by atoms with Crippen LogP contribution >= 0.6 is 23.2 Å². The molecule has 0 aliphatic rings. The van der Waals surface area contributed by atoms with E-state index in [4.69, 9.17) is 27.9 Å². The number of nitrogens with zero attached hydrogens (tertiary/aromatic N) is 2. The minimum atomic E-state index is -0.179. The zero-order valence-electron chi connectivity index (χ0n) is 11.4. The van der Waals surface area contributed by atoms with Crippen LogP contribution in [0.5, 0.6) is 5.75 Å². The lowest BCUT2D eigenvalue weighted by Gasteiger charge is -2.13. The zero-order chi connectivity index (χ0) is 14.7. The molecule has 1 aromatic heterocycles. The van der Waals surface area contributed by atoms with E-state index in [1.807, 2.05) is 24.6 Å². The Morgan fingerprint density at radius 3 is 2.70 bits per heavy atom. The number of aliphatic hydroxyl groups excluding tert-OH is 1. The molecule has 1 aromatic carbocycles. The molecule has 0 saturated heterocycles. The number of hydrogen-bond donors (Lipinski definition) is 1. The topological polar surface area (TPSA) is 47.3 Å². The van der Waals surface area contributed by atoms with Gasteiger partial charge in [-0.25, -0.2) is 0 Å². The van der Waals surface area contributed by atoms with E-state index in [2.05, 4.69) is 5.10 Å². The average molecular weight is 315 g/mol. The second kappa shape index (κ2) is 6.48. The van der Waals surface area contributed by atoms with Gasteiger partial charge in [-0.2, -0.15) is 5.10 Å². The van der Waals surface area contributed by atoms with E-state index in [0.717, 1.165) is 17.9 Å². The van der Waals surface area contributed by atoms with Crippen molar-refractivity contribution < 1.29 is 9.84 Å². The van der Waals surface area contributed by atoms with Gasteiger partial charge in [0, 0.05) is 17.1 Å². The fourth-order valence-corrected chi connectivity index (χ4v) is 2.62. The molecule has 0 bridgehead atoms. The van der Waals surface area contributed by atoms with Crippen LogP contribution in [0.2, 0.25) is 10.0 Å². The van der Waals surface area contributed by atoms with E-state index in [9.17, 15) is 5.11 Å². The fourth-order valence-electron chi connectivity index (χ4n) is 2.03. The van der Waals surface area contributed by atoms with Gasteiger partial charge in [0.1, 0.15) is 12.4 Å². The molecule has 0 atom stereocenters. The summed E-state index contributed by atoms with van der Waals surface area (Å²) in [6, 6.07) is 5.21. The smallest absolute Gasteiger partial charge is 0.144 e. The molecule has 0 amide bonds. The normalized spacial score (nSPS) is 10.8. The fraction of sp³-hybridized carbons (Fsp3) is 0.357. The number of rotatable bonds is 5. The zero-order valence-corrected chi connectivity index (χ0v) is 12.9. The summed E-state index contributed by atoms with van der Waals surface area (Å²) in [6.45, 7) is 4.88. The van der Waals surface area contributed by atoms with E-state index in [1.165, 1.54) is 0 Å². The quantitative estimate of drug-likeness (QED) is 0.917. The molecule has 0 unspecified atom stereocenters. The number of aromatic nitrogens is 2. The first kappa shape index (κ1) is 15.2. The van der Waals surface area contributed by atoms with Gasteiger partial charge in [0.25, 0.3) is 0 Å². The van der Waals surface area contributed by atoms with Crippen LogP contribution in [0.4, 0.5) is 0 Å². The van der Waals surface area contributed by atoms with Crippen molar-refractivity contribution >= 4 is 23.2 Å². The van der Waals surface area contributed by atoms with E-state index >= 15 is 0 Å². The second-order valence-electron chi connectivity index (χ2n) is 4.42. The van der Waals surface area contributed by atoms with E-state index < -0.39 is 0 Å². The maximum atomic E-state index is 9.35. The van der Waals surface area contributed by atoms with Gasteiger partial charge < -0.3 is 9.84 Å². The van der Waals surface area contributed by atoms with E-state index in [1.54, 1.807) is 12.1 Å². The van der Waals surface area contributed by atoms with Crippen LogP contribution in [-0.4, -0.2) is 14.9 Å². The Hall–Kier alpha value is -1.23. The number of benzene rings is 1. The largest absolute Gasteiger partial charge is 0.485 e. The van der Waals surface area contributed by atoms with Crippen molar-refractivity contribution in [1.29, 1.82) is 0 Å². The molecule has 20 heavy (non-hydrogen) atoms. The lowest BCUT2D eigenvalue weighted by atomic mass is 10.2. The summed E-state index contributed by atoms with van der Waals surface area (Å²) in [5, 5.41) is 14.6. The number of ether oxygens (including phenoxy) is 1. The van der Waals surface area contributed by atoms with Crippen LogP contribution in [0.1, 0.15) is 23.9 Å². The van der Waals surface area contributed by atoms with Gasteiger partial charge in [-0.05, 0) is 32.0 Å². The van der Waals surface area contributed by atoms with Crippen molar-refractivity contribution in [3.05, 3.63) is 45.2 Å². The predicted octanol–water partition coefficient (Wildman–Crippen LogP) is 3.59. The summed E-state index contributed by atoms with van der Waals surface area (Å²) < 4.78 is 7.62. The predicted molar refractivity (Wildman–Crippen MR) is 79.4 cm³/mol. The highest BCUT2D eigenvalue weighted by molar-refractivity contribution is 6.35. The Balaban J connectivity index is 2.22. The highest BCUT2D eigenvalue weighted by Crippen LogP contribution is 2.33. The van der Waals surface area contributed by atoms with Gasteiger partial charge in [0.15, 0.2) is 0 Å². The molecule has 0 spiro atoms. The molecule has 108 valence electrons. The third kappa shape index (κ3) is 3.26. The van der Waals surface area contributed by atoms with Crippen LogP contribution in [0.25, 0.3) is 0 Å². The Kier molecular flexibility index (Phi) is 4.91. The van der Waals surface area contributed by atoms with Gasteiger partial charge >= 0.3 is 0 Å². The Bertz CT molecular complexity index is 611. The van der Waals surface area contributed by atoms with Crippen LogP contribution in [0.3, 0.4) is 0 Å². The highest BCUT2D eigenvalue weighted by atomic mass is 35.5. The van der Waals surface area contributed by atoms with Gasteiger partial charge in [-0.15, -0.1) is 0 Å². The third-order valence-electron chi connectivity index (χ3n) is 2.91. The Morgan fingerprint density at radius 1 is 1.30 bits per heavy atom. The Labute approximate surface area is 127 Å². The maximum absolute atomic E-state index is 9.35. The minimum absolute atomic E-state index is 0.179. The molecule has 0 aliphatic carbocycles.